The van der Waals surface area contributed by atoms with E-state index < -0.39 is 5.60 Å². The van der Waals surface area contributed by atoms with Crippen LogP contribution < -0.4 is 5.32 Å². The Morgan fingerprint density at radius 3 is 2.76 bits per heavy atom. The molecule has 33 heavy (non-hydrogen) atoms. The summed E-state index contributed by atoms with van der Waals surface area (Å²) in [4.78, 5) is 36.3. The highest BCUT2D eigenvalue weighted by molar-refractivity contribution is 6.07. The molecule has 3 aromatic rings. The summed E-state index contributed by atoms with van der Waals surface area (Å²) >= 11 is 0. The number of rotatable bonds is 4. The largest absolute Gasteiger partial charge is 0.444 e. The fourth-order valence-electron chi connectivity index (χ4n) is 4.08. The Bertz CT molecular complexity index is 1140. The molecule has 1 aliphatic rings. The van der Waals surface area contributed by atoms with Gasteiger partial charge in [0.25, 0.3) is 5.91 Å². The molecular formula is C26H30N4O3. The van der Waals surface area contributed by atoms with E-state index >= 15 is 0 Å². The van der Waals surface area contributed by atoms with Crippen molar-refractivity contribution in [3.05, 3.63) is 60.4 Å². The van der Waals surface area contributed by atoms with Gasteiger partial charge < -0.3 is 15.0 Å². The van der Waals surface area contributed by atoms with Gasteiger partial charge in [-0.1, -0.05) is 18.2 Å². The summed E-state index contributed by atoms with van der Waals surface area (Å²) in [6.45, 7) is 7.36. The quantitative estimate of drug-likeness (QED) is 0.629. The maximum absolute atomic E-state index is 13.2. The van der Waals surface area contributed by atoms with Crippen molar-refractivity contribution in [2.24, 2.45) is 5.92 Å². The molecule has 1 aromatic carbocycles. The molecule has 2 amide bonds. The van der Waals surface area contributed by atoms with Crippen LogP contribution in [0.4, 0.5) is 4.79 Å². The lowest BCUT2D eigenvalue weighted by Gasteiger charge is -2.34. The summed E-state index contributed by atoms with van der Waals surface area (Å²) in [7, 11) is 0. The lowest BCUT2D eigenvalue weighted by atomic mass is 9.98. The van der Waals surface area contributed by atoms with Crippen molar-refractivity contribution in [1.29, 1.82) is 0 Å². The highest BCUT2D eigenvalue weighted by Gasteiger charge is 2.28. The molecule has 0 saturated carbocycles. The second-order valence-corrected chi connectivity index (χ2v) is 9.46. The van der Waals surface area contributed by atoms with Crippen molar-refractivity contribution in [3.8, 4) is 11.3 Å². The number of amides is 2. The van der Waals surface area contributed by atoms with E-state index in [9.17, 15) is 9.59 Å². The summed E-state index contributed by atoms with van der Waals surface area (Å²) in [6, 6.07) is 13.2. The molecule has 4 rings (SSSR count). The second-order valence-electron chi connectivity index (χ2n) is 9.46. The molecule has 1 unspecified atom stereocenters. The Hall–Kier alpha value is -3.48. The van der Waals surface area contributed by atoms with E-state index in [1.165, 1.54) is 0 Å². The smallest absolute Gasteiger partial charge is 0.410 e. The van der Waals surface area contributed by atoms with Gasteiger partial charge in [-0.15, -0.1) is 0 Å². The van der Waals surface area contributed by atoms with E-state index in [2.05, 4.69) is 10.3 Å². The van der Waals surface area contributed by atoms with Gasteiger partial charge in [0.05, 0.1) is 16.8 Å². The molecule has 0 bridgehead atoms. The van der Waals surface area contributed by atoms with Crippen LogP contribution in [0.1, 0.15) is 44.0 Å². The number of nitrogens with zero attached hydrogens (tertiary/aromatic N) is 3. The van der Waals surface area contributed by atoms with Gasteiger partial charge in [-0.05, 0) is 63.8 Å². The van der Waals surface area contributed by atoms with E-state index in [1.54, 1.807) is 17.3 Å². The predicted molar refractivity (Wildman–Crippen MR) is 128 cm³/mol. The molecule has 1 aliphatic heterocycles. The van der Waals surface area contributed by atoms with Gasteiger partial charge in [0.15, 0.2) is 0 Å². The number of carbonyl (C=O) groups excluding carboxylic acids is 2. The van der Waals surface area contributed by atoms with Crippen molar-refractivity contribution in [3.63, 3.8) is 0 Å². The van der Waals surface area contributed by atoms with Crippen molar-refractivity contribution in [2.45, 2.75) is 39.2 Å². The second kappa shape index (κ2) is 9.57. The van der Waals surface area contributed by atoms with Gasteiger partial charge >= 0.3 is 6.09 Å². The lowest BCUT2D eigenvalue weighted by Crippen LogP contribution is -2.45. The highest BCUT2D eigenvalue weighted by Crippen LogP contribution is 2.25. The first-order valence-electron chi connectivity index (χ1n) is 11.4. The molecule has 3 heterocycles. The maximum Gasteiger partial charge on any atom is 0.410 e. The number of piperidine rings is 1. The van der Waals surface area contributed by atoms with E-state index in [4.69, 9.17) is 9.72 Å². The number of ether oxygens (including phenoxy) is 1. The first-order valence-corrected chi connectivity index (χ1v) is 11.4. The third-order valence-electron chi connectivity index (χ3n) is 5.64. The number of fused-ring (bicyclic) bond motifs is 1. The van der Waals surface area contributed by atoms with E-state index in [0.717, 1.165) is 29.3 Å². The third kappa shape index (κ3) is 5.66. The molecule has 172 valence electrons. The van der Waals surface area contributed by atoms with Crippen LogP contribution >= 0.6 is 0 Å². The fourth-order valence-corrected chi connectivity index (χ4v) is 4.08. The predicted octanol–water partition coefficient (Wildman–Crippen LogP) is 4.67. The molecule has 7 heteroatoms. The molecule has 1 N–H and O–H groups in total. The number of hydrogen-bond donors (Lipinski definition) is 1. The lowest BCUT2D eigenvalue weighted by molar-refractivity contribution is 0.0167. The summed E-state index contributed by atoms with van der Waals surface area (Å²) in [5, 5.41) is 3.89. The standard InChI is InChI=1S/C26H30N4O3/c1-26(2,3)33-25(32)30-13-7-8-18(17-30)15-28-24(31)21-14-23(19-9-6-12-27-16-19)29-22-11-5-4-10-20(21)22/h4-6,9-12,14,16,18H,7-8,13,15,17H2,1-3H3,(H,28,31). The first kappa shape index (κ1) is 22.7. The number of carbonyl (C=O) groups is 2. The van der Waals surface area contributed by atoms with Gasteiger partial charge in [-0.25, -0.2) is 9.78 Å². The summed E-state index contributed by atoms with van der Waals surface area (Å²) < 4.78 is 5.51. The van der Waals surface area contributed by atoms with Gasteiger partial charge in [0, 0.05) is 43.0 Å². The molecular weight excluding hydrogens is 416 g/mol. The zero-order valence-electron chi connectivity index (χ0n) is 19.4. The molecule has 0 spiro atoms. The fraction of sp³-hybridized carbons (Fsp3) is 0.385. The monoisotopic (exact) mass is 446 g/mol. The summed E-state index contributed by atoms with van der Waals surface area (Å²) in [5.74, 6) is 0.0363. The zero-order chi connectivity index (χ0) is 23.4. The van der Waals surface area contributed by atoms with Crippen LogP contribution in [-0.2, 0) is 4.74 Å². The van der Waals surface area contributed by atoms with Gasteiger partial charge in [0.2, 0.25) is 0 Å². The zero-order valence-corrected chi connectivity index (χ0v) is 19.4. The van der Waals surface area contributed by atoms with Crippen molar-refractivity contribution < 1.29 is 14.3 Å². The van der Waals surface area contributed by atoms with Crippen molar-refractivity contribution in [1.82, 2.24) is 20.2 Å². The van der Waals surface area contributed by atoms with Crippen LogP contribution in [0.5, 0.6) is 0 Å². The minimum Gasteiger partial charge on any atom is -0.444 e. The average molecular weight is 447 g/mol. The molecule has 1 fully saturated rings. The summed E-state index contributed by atoms with van der Waals surface area (Å²) in [5.41, 5.74) is 2.39. The average Bonchev–Trinajstić information content (AvgIpc) is 2.81. The van der Waals surface area contributed by atoms with Crippen LogP contribution in [0.15, 0.2) is 54.9 Å². The Kier molecular flexibility index (Phi) is 6.58. The Morgan fingerprint density at radius 1 is 1.18 bits per heavy atom. The van der Waals surface area contributed by atoms with Crippen LogP contribution in [-0.4, -0.2) is 52.1 Å². The third-order valence-corrected chi connectivity index (χ3v) is 5.64. The summed E-state index contributed by atoms with van der Waals surface area (Å²) in [6.07, 6.45) is 5.01. The Balaban J connectivity index is 1.48. The van der Waals surface area contributed by atoms with Crippen LogP contribution in [0.3, 0.4) is 0 Å². The van der Waals surface area contributed by atoms with E-state index in [0.29, 0.717) is 30.9 Å². The number of benzene rings is 1. The number of para-hydroxylation sites is 1. The van der Waals surface area contributed by atoms with Gasteiger partial charge in [-0.2, -0.15) is 0 Å². The molecule has 2 aromatic heterocycles. The van der Waals surface area contributed by atoms with Crippen LogP contribution in [0.2, 0.25) is 0 Å². The maximum atomic E-state index is 13.2. The number of aromatic nitrogens is 2. The first-order chi connectivity index (χ1) is 15.8. The SMILES string of the molecule is CC(C)(C)OC(=O)N1CCCC(CNC(=O)c2cc(-c3cccnc3)nc3ccccc23)C1. The molecule has 0 radical (unpaired) electrons. The van der Waals surface area contributed by atoms with Crippen LogP contribution in [0.25, 0.3) is 22.2 Å². The topological polar surface area (TPSA) is 84.4 Å². The number of pyridine rings is 2. The van der Waals surface area contributed by atoms with Gasteiger partial charge in [-0.3, -0.25) is 9.78 Å². The van der Waals surface area contributed by atoms with E-state index in [1.807, 2.05) is 63.2 Å². The van der Waals surface area contributed by atoms with Crippen molar-refractivity contribution >= 4 is 22.9 Å². The molecule has 7 nitrogen and oxygen atoms in total. The number of likely N-dealkylation sites (tertiary alicyclic amines) is 1. The molecule has 1 atom stereocenters. The highest BCUT2D eigenvalue weighted by atomic mass is 16.6. The van der Waals surface area contributed by atoms with Crippen molar-refractivity contribution in [2.75, 3.05) is 19.6 Å². The Morgan fingerprint density at radius 2 is 2.00 bits per heavy atom. The molecule has 0 aliphatic carbocycles. The van der Waals surface area contributed by atoms with Crippen LogP contribution in [0, 0.1) is 5.92 Å². The van der Waals surface area contributed by atoms with Gasteiger partial charge in [0.1, 0.15) is 5.60 Å². The molecule has 1 saturated heterocycles. The minimum absolute atomic E-state index is 0.145. The number of nitrogens with one attached hydrogen (secondary N) is 1. The number of hydrogen-bond acceptors (Lipinski definition) is 5. The normalized spacial score (nSPS) is 16.5. The minimum atomic E-state index is -0.521. The van der Waals surface area contributed by atoms with E-state index in [-0.39, 0.29) is 17.9 Å². The Labute approximate surface area is 194 Å².